The fourth-order valence-corrected chi connectivity index (χ4v) is 2.57. The molecule has 0 aromatic heterocycles. The van der Waals surface area contributed by atoms with Gasteiger partial charge in [-0.25, -0.2) is 0 Å². The third kappa shape index (κ3) is 5.93. The van der Waals surface area contributed by atoms with Crippen LogP contribution in [0, 0.1) is 6.92 Å². The zero-order valence-electron chi connectivity index (χ0n) is 14.7. The summed E-state index contributed by atoms with van der Waals surface area (Å²) in [5.41, 5.74) is 2.74. The zero-order chi connectivity index (χ0) is 19.1. The molecule has 0 bridgehead atoms. The second kappa shape index (κ2) is 9.46. The summed E-state index contributed by atoms with van der Waals surface area (Å²) < 4.78 is 0. The van der Waals surface area contributed by atoms with E-state index in [0.29, 0.717) is 27.8 Å². The number of carbonyl (C=O) groups is 2. The Morgan fingerprint density at radius 2 is 1.65 bits per heavy atom. The van der Waals surface area contributed by atoms with E-state index in [1.807, 2.05) is 26.0 Å². The van der Waals surface area contributed by atoms with Crippen molar-refractivity contribution in [2.24, 2.45) is 0 Å². The van der Waals surface area contributed by atoms with Crippen molar-refractivity contribution in [3.05, 3.63) is 52.0 Å². The SMILES string of the molecule is CCCC(=O)Nc1ccc(Cl)c(NC(=O)CNc2ccc(C)c(Cl)c2)c1. The Bertz CT molecular complexity index is 809. The van der Waals surface area contributed by atoms with Crippen LogP contribution in [0.1, 0.15) is 25.3 Å². The summed E-state index contributed by atoms with van der Waals surface area (Å²) in [5.74, 6) is -0.342. The van der Waals surface area contributed by atoms with E-state index in [2.05, 4.69) is 16.0 Å². The van der Waals surface area contributed by atoms with Crippen molar-refractivity contribution in [2.75, 3.05) is 22.5 Å². The van der Waals surface area contributed by atoms with Crippen molar-refractivity contribution in [1.82, 2.24) is 0 Å². The predicted molar refractivity (Wildman–Crippen MR) is 108 cm³/mol. The summed E-state index contributed by atoms with van der Waals surface area (Å²) in [4.78, 5) is 23.9. The molecular formula is C19H21Cl2N3O2. The van der Waals surface area contributed by atoms with Crippen molar-refractivity contribution >= 4 is 52.1 Å². The lowest BCUT2D eigenvalue weighted by molar-refractivity contribution is -0.116. The Balaban J connectivity index is 1.97. The van der Waals surface area contributed by atoms with Crippen molar-refractivity contribution < 1.29 is 9.59 Å². The molecule has 0 aliphatic heterocycles. The molecule has 0 radical (unpaired) electrons. The number of hydrogen-bond acceptors (Lipinski definition) is 3. The molecule has 26 heavy (non-hydrogen) atoms. The van der Waals surface area contributed by atoms with E-state index in [0.717, 1.165) is 17.7 Å². The van der Waals surface area contributed by atoms with Crippen LogP contribution in [0.2, 0.25) is 10.0 Å². The average Bonchev–Trinajstić information content (AvgIpc) is 2.59. The third-order valence-electron chi connectivity index (χ3n) is 3.63. The first-order valence-electron chi connectivity index (χ1n) is 8.28. The number of halogens is 2. The lowest BCUT2D eigenvalue weighted by Gasteiger charge is -2.12. The van der Waals surface area contributed by atoms with E-state index < -0.39 is 0 Å². The minimum atomic E-state index is -0.263. The number of nitrogens with one attached hydrogen (secondary N) is 3. The summed E-state index contributed by atoms with van der Waals surface area (Å²) >= 11 is 12.2. The van der Waals surface area contributed by atoms with Gasteiger partial charge in [0.05, 0.1) is 17.3 Å². The monoisotopic (exact) mass is 393 g/mol. The molecule has 3 N–H and O–H groups in total. The van der Waals surface area contributed by atoms with Crippen LogP contribution in [0.5, 0.6) is 0 Å². The molecule has 0 unspecified atom stereocenters. The Morgan fingerprint density at radius 3 is 2.35 bits per heavy atom. The van der Waals surface area contributed by atoms with Crippen LogP contribution in [0.25, 0.3) is 0 Å². The minimum absolute atomic E-state index is 0.0577. The lowest BCUT2D eigenvalue weighted by Crippen LogP contribution is -2.22. The number of aryl methyl sites for hydroxylation is 1. The zero-order valence-corrected chi connectivity index (χ0v) is 16.2. The quantitative estimate of drug-likeness (QED) is 0.613. The summed E-state index contributed by atoms with van der Waals surface area (Å²) in [6, 6.07) is 10.5. The van der Waals surface area contributed by atoms with Gasteiger partial charge in [0.15, 0.2) is 0 Å². The van der Waals surface area contributed by atoms with Gasteiger partial charge in [-0.2, -0.15) is 0 Å². The molecule has 7 heteroatoms. The van der Waals surface area contributed by atoms with E-state index in [1.165, 1.54) is 0 Å². The molecule has 2 rings (SSSR count). The number of hydrogen-bond donors (Lipinski definition) is 3. The Morgan fingerprint density at radius 1 is 0.923 bits per heavy atom. The average molecular weight is 394 g/mol. The van der Waals surface area contributed by atoms with E-state index in [-0.39, 0.29) is 18.4 Å². The second-order valence-corrected chi connectivity index (χ2v) is 6.67. The first kappa shape index (κ1) is 20.1. The van der Waals surface area contributed by atoms with Gasteiger partial charge >= 0.3 is 0 Å². The van der Waals surface area contributed by atoms with Crippen molar-refractivity contribution in [3.63, 3.8) is 0 Å². The van der Waals surface area contributed by atoms with Gasteiger partial charge in [0.2, 0.25) is 11.8 Å². The number of rotatable bonds is 7. The lowest BCUT2D eigenvalue weighted by atomic mass is 10.2. The van der Waals surface area contributed by atoms with Crippen LogP contribution in [-0.2, 0) is 9.59 Å². The molecule has 2 aromatic carbocycles. The van der Waals surface area contributed by atoms with Gasteiger partial charge in [-0.1, -0.05) is 36.2 Å². The van der Waals surface area contributed by atoms with Crippen LogP contribution in [0.3, 0.4) is 0 Å². The second-order valence-electron chi connectivity index (χ2n) is 5.86. The smallest absolute Gasteiger partial charge is 0.243 e. The molecule has 5 nitrogen and oxygen atoms in total. The summed E-state index contributed by atoms with van der Waals surface area (Å²) in [5, 5.41) is 9.54. The fraction of sp³-hybridized carbons (Fsp3) is 0.263. The summed E-state index contributed by atoms with van der Waals surface area (Å²) in [6.07, 6.45) is 1.20. The molecule has 0 heterocycles. The Kier molecular flexibility index (Phi) is 7.30. The largest absolute Gasteiger partial charge is 0.376 e. The van der Waals surface area contributed by atoms with Gasteiger partial charge in [0.1, 0.15) is 0 Å². The predicted octanol–water partition coefficient (Wildman–Crippen LogP) is 5.09. The molecule has 0 saturated carbocycles. The minimum Gasteiger partial charge on any atom is -0.376 e. The highest BCUT2D eigenvalue weighted by molar-refractivity contribution is 6.34. The molecule has 0 spiro atoms. The maximum absolute atomic E-state index is 12.2. The van der Waals surface area contributed by atoms with Crippen LogP contribution < -0.4 is 16.0 Å². The van der Waals surface area contributed by atoms with Crippen LogP contribution in [0.15, 0.2) is 36.4 Å². The number of anilines is 3. The topological polar surface area (TPSA) is 70.2 Å². The standard InChI is InChI=1S/C19H21Cl2N3O2/c1-3-4-18(25)23-14-7-8-15(20)17(10-14)24-19(26)11-22-13-6-5-12(2)16(21)9-13/h5-10,22H,3-4,11H2,1-2H3,(H,23,25)(H,24,26). The molecule has 138 valence electrons. The Hall–Kier alpha value is -2.24. The molecule has 0 aliphatic rings. The van der Waals surface area contributed by atoms with E-state index in [1.54, 1.807) is 24.3 Å². The van der Waals surface area contributed by atoms with E-state index >= 15 is 0 Å². The highest BCUT2D eigenvalue weighted by atomic mass is 35.5. The molecule has 0 atom stereocenters. The van der Waals surface area contributed by atoms with Crippen molar-refractivity contribution in [2.45, 2.75) is 26.7 Å². The van der Waals surface area contributed by atoms with Gasteiger partial charge in [0, 0.05) is 22.8 Å². The maximum Gasteiger partial charge on any atom is 0.243 e. The van der Waals surface area contributed by atoms with Gasteiger partial charge in [0.25, 0.3) is 0 Å². The Labute approximate surface area is 163 Å². The van der Waals surface area contributed by atoms with E-state index in [4.69, 9.17) is 23.2 Å². The number of amides is 2. The first-order chi connectivity index (χ1) is 12.4. The normalized spacial score (nSPS) is 10.3. The van der Waals surface area contributed by atoms with Gasteiger partial charge < -0.3 is 16.0 Å². The summed E-state index contributed by atoms with van der Waals surface area (Å²) in [7, 11) is 0. The van der Waals surface area contributed by atoms with Crippen molar-refractivity contribution in [1.29, 1.82) is 0 Å². The number of carbonyl (C=O) groups excluding carboxylic acids is 2. The third-order valence-corrected chi connectivity index (χ3v) is 4.36. The van der Waals surface area contributed by atoms with Crippen LogP contribution in [-0.4, -0.2) is 18.4 Å². The van der Waals surface area contributed by atoms with Gasteiger partial charge in [-0.05, 0) is 49.2 Å². The molecule has 2 aromatic rings. The van der Waals surface area contributed by atoms with Crippen molar-refractivity contribution in [3.8, 4) is 0 Å². The number of benzene rings is 2. The van der Waals surface area contributed by atoms with Crippen LogP contribution in [0.4, 0.5) is 17.1 Å². The molecule has 2 amide bonds. The highest BCUT2D eigenvalue weighted by Crippen LogP contribution is 2.26. The van der Waals surface area contributed by atoms with Crippen LogP contribution >= 0.6 is 23.2 Å². The maximum atomic E-state index is 12.2. The van der Waals surface area contributed by atoms with E-state index in [9.17, 15) is 9.59 Å². The molecule has 0 saturated heterocycles. The fourth-order valence-electron chi connectivity index (χ4n) is 2.23. The van der Waals surface area contributed by atoms with Gasteiger partial charge in [-0.15, -0.1) is 0 Å². The molecular weight excluding hydrogens is 373 g/mol. The highest BCUT2D eigenvalue weighted by Gasteiger charge is 2.09. The molecule has 0 fully saturated rings. The summed E-state index contributed by atoms with van der Waals surface area (Å²) in [6.45, 7) is 3.90. The first-order valence-corrected chi connectivity index (χ1v) is 9.04. The molecule has 0 aliphatic carbocycles. The van der Waals surface area contributed by atoms with Gasteiger partial charge in [-0.3, -0.25) is 9.59 Å².